The summed E-state index contributed by atoms with van der Waals surface area (Å²) in [4.78, 5) is 51.6. The van der Waals surface area contributed by atoms with Crippen LogP contribution in [-0.4, -0.2) is 79.0 Å². The predicted molar refractivity (Wildman–Crippen MR) is 157 cm³/mol. The van der Waals surface area contributed by atoms with E-state index in [1.165, 1.54) is 12.3 Å². The number of fused-ring (bicyclic) bond motifs is 5. The molecule has 1 saturated heterocycles. The number of aliphatic hydroxyl groups excluding tert-OH is 3. The summed E-state index contributed by atoms with van der Waals surface area (Å²) in [6.07, 6.45) is 1.26. The molecule has 4 fully saturated rings. The summed E-state index contributed by atoms with van der Waals surface area (Å²) in [5.74, 6) is -0.305. The van der Waals surface area contributed by atoms with E-state index < -0.39 is 68.7 Å². The Morgan fingerprint density at radius 1 is 1.16 bits per heavy atom. The van der Waals surface area contributed by atoms with Crippen LogP contribution in [0.1, 0.15) is 65.0 Å². The summed E-state index contributed by atoms with van der Waals surface area (Å²) in [7, 11) is -4.79. The van der Waals surface area contributed by atoms with Crippen molar-refractivity contribution in [1.29, 1.82) is 0 Å². The summed E-state index contributed by atoms with van der Waals surface area (Å²) in [6.45, 7) is 2.85. The standard InChI is InChI=1S/C30H42N3O11P/c1-29-9-7-16(34)11-15(29)3-4-17-18-5-6-19(30(18,2)12-20(35)24(17)29)21(36)13-42-45(40,41)43-14-22-25(37)26(38)27(44-22)33-10-8-23(31)32-28(33)39/h8,10-11,17-20,22,24-27,35,37-38H,3-7,9,12-14H2,1-2H3,(H,40,41)(H2,31,32,39)/t17-,18-,19+,20+,22+,24+,25-,26+,27-,29+,30+/m1/s1. The molecule has 1 aliphatic heterocycles. The molecule has 5 aliphatic rings. The molecular weight excluding hydrogens is 609 g/mol. The number of phosphoric ester groups is 1. The SMILES string of the molecule is C[C@]12C[C@H](O)[C@@H]3[C@H](CCC4=CC(=O)CC[C@@]43C)[C@H]1CC[C@H]2C(=O)COP(=O)(O)OC[C@@H]1O[C@@H](n2ccc(N)nc2=O)[C@@H](O)[C@@H]1O. The van der Waals surface area contributed by atoms with Crippen molar-refractivity contribution in [2.75, 3.05) is 18.9 Å². The first-order valence-electron chi connectivity index (χ1n) is 15.6. The van der Waals surface area contributed by atoms with E-state index in [2.05, 4.69) is 11.9 Å². The number of anilines is 1. The Morgan fingerprint density at radius 2 is 1.91 bits per heavy atom. The number of nitrogens with two attached hydrogens (primary N) is 1. The minimum absolute atomic E-state index is 0.0148. The second-order valence-corrected chi connectivity index (χ2v) is 15.3. The van der Waals surface area contributed by atoms with Gasteiger partial charge in [-0.25, -0.2) is 9.36 Å². The number of aromatic nitrogens is 2. The molecule has 6 rings (SSSR count). The van der Waals surface area contributed by atoms with E-state index in [0.717, 1.165) is 35.8 Å². The number of nitrogens with zero attached hydrogens (tertiary/aromatic N) is 2. The lowest BCUT2D eigenvalue weighted by Gasteiger charge is -2.59. The van der Waals surface area contributed by atoms with Crippen molar-refractivity contribution in [3.05, 3.63) is 34.4 Å². The second kappa shape index (κ2) is 11.7. The van der Waals surface area contributed by atoms with Gasteiger partial charge in [0, 0.05) is 18.5 Å². The molecule has 1 aromatic heterocycles. The van der Waals surface area contributed by atoms with Crippen LogP contribution in [0.2, 0.25) is 0 Å². The van der Waals surface area contributed by atoms with Gasteiger partial charge < -0.3 is 30.7 Å². The average molecular weight is 652 g/mol. The quantitative estimate of drug-likeness (QED) is 0.250. The van der Waals surface area contributed by atoms with E-state index in [-0.39, 0.29) is 40.6 Å². The van der Waals surface area contributed by atoms with Crippen LogP contribution in [0.5, 0.6) is 0 Å². The topological polar surface area (TPSA) is 221 Å². The molecule has 0 radical (unpaired) electrons. The van der Waals surface area contributed by atoms with Crippen molar-refractivity contribution >= 4 is 25.2 Å². The number of ketones is 2. The molecule has 12 atom stereocenters. The van der Waals surface area contributed by atoms with Crippen LogP contribution in [0.25, 0.3) is 0 Å². The Kier molecular flexibility index (Phi) is 8.52. The number of carbonyl (C=O) groups excluding carboxylic acids is 2. The van der Waals surface area contributed by atoms with Crippen LogP contribution >= 0.6 is 7.82 Å². The molecule has 1 aromatic rings. The summed E-state index contributed by atoms with van der Waals surface area (Å²) in [5, 5.41) is 32.4. The molecule has 0 amide bonds. The molecule has 6 N–H and O–H groups in total. The van der Waals surface area contributed by atoms with E-state index in [1.807, 2.05) is 6.92 Å². The molecule has 1 unspecified atom stereocenters. The lowest BCUT2D eigenvalue weighted by atomic mass is 9.46. The second-order valence-electron chi connectivity index (χ2n) is 13.9. The van der Waals surface area contributed by atoms with E-state index in [1.54, 1.807) is 6.08 Å². The number of aliphatic hydroxyl groups is 3. The van der Waals surface area contributed by atoms with Crippen LogP contribution in [0.4, 0.5) is 5.82 Å². The first-order chi connectivity index (χ1) is 21.1. The fraction of sp³-hybridized carbons (Fsp3) is 0.733. The van der Waals surface area contributed by atoms with Crippen LogP contribution in [-0.2, 0) is 27.9 Å². The van der Waals surface area contributed by atoms with Crippen LogP contribution in [0.15, 0.2) is 28.7 Å². The monoisotopic (exact) mass is 651 g/mol. The van der Waals surface area contributed by atoms with E-state index >= 15 is 0 Å². The lowest BCUT2D eigenvalue weighted by molar-refractivity contribution is -0.146. The van der Waals surface area contributed by atoms with Crippen molar-refractivity contribution in [3.8, 4) is 0 Å². The molecular formula is C30H42N3O11P. The molecule has 15 heteroatoms. The number of rotatable bonds is 8. The number of hydrogen-bond acceptors (Lipinski definition) is 12. The number of phosphoric acid groups is 1. The highest BCUT2D eigenvalue weighted by molar-refractivity contribution is 7.47. The number of carbonyl (C=O) groups is 2. The van der Waals surface area contributed by atoms with Gasteiger partial charge in [-0.1, -0.05) is 19.4 Å². The van der Waals surface area contributed by atoms with Gasteiger partial charge in [0.25, 0.3) is 0 Å². The van der Waals surface area contributed by atoms with Crippen molar-refractivity contribution in [2.45, 2.75) is 89.4 Å². The Morgan fingerprint density at radius 3 is 2.64 bits per heavy atom. The summed E-state index contributed by atoms with van der Waals surface area (Å²) in [5.41, 5.74) is 5.05. The normalized spacial score (nSPS) is 42.3. The third-order valence-corrected chi connectivity index (χ3v) is 12.4. The van der Waals surface area contributed by atoms with Gasteiger partial charge in [-0.15, -0.1) is 0 Å². The maximum Gasteiger partial charge on any atom is 0.472 e. The minimum Gasteiger partial charge on any atom is -0.393 e. The van der Waals surface area contributed by atoms with Crippen LogP contribution in [0, 0.1) is 34.5 Å². The zero-order valence-corrected chi connectivity index (χ0v) is 26.3. The molecule has 0 aromatic carbocycles. The zero-order chi connectivity index (χ0) is 32.5. The molecule has 0 bridgehead atoms. The van der Waals surface area contributed by atoms with Gasteiger partial charge in [-0.3, -0.25) is 23.2 Å². The van der Waals surface area contributed by atoms with E-state index in [0.29, 0.717) is 19.3 Å². The van der Waals surface area contributed by atoms with Crippen molar-refractivity contribution in [2.24, 2.45) is 34.5 Å². The largest absolute Gasteiger partial charge is 0.472 e. The zero-order valence-electron chi connectivity index (χ0n) is 25.4. The van der Waals surface area contributed by atoms with Crippen molar-refractivity contribution in [3.63, 3.8) is 0 Å². The number of nitrogen functional groups attached to an aromatic ring is 1. The molecule has 0 spiro atoms. The first-order valence-corrected chi connectivity index (χ1v) is 17.1. The molecule has 2 heterocycles. The molecule has 3 saturated carbocycles. The highest BCUT2D eigenvalue weighted by Crippen LogP contribution is 2.66. The minimum atomic E-state index is -4.79. The predicted octanol–water partition coefficient (Wildman–Crippen LogP) is 1.27. The fourth-order valence-electron chi connectivity index (χ4n) is 9.38. The highest BCUT2D eigenvalue weighted by atomic mass is 31.2. The van der Waals surface area contributed by atoms with Crippen molar-refractivity contribution in [1.82, 2.24) is 9.55 Å². The Balaban J connectivity index is 1.06. The molecule has 45 heavy (non-hydrogen) atoms. The van der Waals surface area contributed by atoms with Gasteiger partial charge in [0.2, 0.25) is 0 Å². The van der Waals surface area contributed by atoms with Crippen LogP contribution < -0.4 is 11.4 Å². The summed E-state index contributed by atoms with van der Waals surface area (Å²) in [6, 6.07) is 1.31. The maximum atomic E-state index is 13.5. The van der Waals surface area contributed by atoms with Crippen LogP contribution in [0.3, 0.4) is 0 Å². The van der Waals surface area contributed by atoms with E-state index in [4.69, 9.17) is 19.5 Å². The van der Waals surface area contributed by atoms with Gasteiger partial charge in [-0.2, -0.15) is 4.98 Å². The molecule has 248 valence electrons. The average Bonchev–Trinajstić information content (AvgIpc) is 3.46. The summed E-state index contributed by atoms with van der Waals surface area (Å²) < 4.78 is 29.3. The third-order valence-electron chi connectivity index (χ3n) is 11.5. The number of ether oxygens (including phenoxy) is 1. The van der Waals surface area contributed by atoms with E-state index in [9.17, 15) is 39.2 Å². The molecule has 4 aliphatic carbocycles. The van der Waals surface area contributed by atoms with Crippen molar-refractivity contribution < 1.29 is 48.2 Å². The smallest absolute Gasteiger partial charge is 0.393 e. The lowest BCUT2D eigenvalue weighted by Crippen LogP contribution is -2.57. The highest BCUT2D eigenvalue weighted by Gasteiger charge is 2.63. The maximum absolute atomic E-state index is 13.5. The fourth-order valence-corrected chi connectivity index (χ4v) is 10.1. The summed E-state index contributed by atoms with van der Waals surface area (Å²) >= 11 is 0. The first kappa shape index (κ1) is 32.6. The van der Waals surface area contributed by atoms with Gasteiger partial charge in [-0.05, 0) is 79.3 Å². The van der Waals surface area contributed by atoms with Gasteiger partial charge in [0.05, 0.1) is 12.7 Å². The van der Waals surface area contributed by atoms with Gasteiger partial charge in [0.1, 0.15) is 30.7 Å². The van der Waals surface area contributed by atoms with Gasteiger partial charge >= 0.3 is 13.5 Å². The Labute approximate surface area is 260 Å². The number of hydrogen-bond donors (Lipinski definition) is 5. The molecule has 14 nitrogen and oxygen atoms in total. The van der Waals surface area contributed by atoms with Gasteiger partial charge in [0.15, 0.2) is 17.8 Å². The number of Topliss-reactive ketones (excluding diaryl/α,β-unsaturated/α-hetero) is 1. The number of allylic oxidation sites excluding steroid dienone is 1. The Hall–Kier alpha value is -2.29. The third kappa shape index (κ3) is 5.67. The Bertz CT molecular complexity index is 1500.